The van der Waals surface area contributed by atoms with Crippen LogP contribution in [0, 0.1) is 0 Å². The van der Waals surface area contributed by atoms with Crippen molar-refractivity contribution in [3.8, 4) is 0 Å². The molecule has 0 rings (SSSR count). The van der Waals surface area contributed by atoms with E-state index in [4.69, 9.17) is 9.84 Å². The summed E-state index contributed by atoms with van der Waals surface area (Å²) in [7, 11) is 0. The van der Waals surface area contributed by atoms with E-state index in [1.54, 1.807) is 6.92 Å². The fraction of sp³-hybridized carbons (Fsp3) is 0.700. The summed E-state index contributed by atoms with van der Waals surface area (Å²) in [4.78, 5) is 10.9. The maximum Gasteiger partial charge on any atom is 0.305 e. The van der Waals surface area contributed by atoms with Crippen molar-refractivity contribution in [1.82, 2.24) is 0 Å². The largest absolute Gasteiger partial charge is 0.466 e. The highest BCUT2D eigenvalue weighted by Gasteiger charge is 2.12. The quantitative estimate of drug-likeness (QED) is 0.469. The molecule has 0 heterocycles. The molecule has 0 aliphatic rings. The number of rotatable bonds is 7. The first kappa shape index (κ1) is 13.1. The molecular weight excluding hydrogens is 184 g/mol. The Balaban J connectivity index is 3.53. The zero-order valence-electron chi connectivity index (χ0n) is 8.48. The fourth-order valence-electron chi connectivity index (χ4n) is 1.02. The van der Waals surface area contributed by atoms with Crippen molar-refractivity contribution < 1.29 is 19.7 Å². The molecule has 2 atom stereocenters. The van der Waals surface area contributed by atoms with Gasteiger partial charge in [0.25, 0.3) is 0 Å². The summed E-state index contributed by atoms with van der Waals surface area (Å²) in [6.07, 6.45) is 0.653. The van der Waals surface area contributed by atoms with Crippen molar-refractivity contribution in [2.45, 2.75) is 38.4 Å². The second-order valence-corrected chi connectivity index (χ2v) is 2.99. The van der Waals surface area contributed by atoms with E-state index in [9.17, 15) is 9.90 Å². The summed E-state index contributed by atoms with van der Waals surface area (Å²) < 4.78 is 4.71. The van der Waals surface area contributed by atoms with Crippen LogP contribution < -0.4 is 0 Å². The number of carbonyl (C=O) groups is 1. The number of aliphatic hydroxyl groups is 2. The van der Waals surface area contributed by atoms with E-state index in [1.165, 1.54) is 6.08 Å². The third-order valence-electron chi connectivity index (χ3n) is 1.82. The van der Waals surface area contributed by atoms with Crippen LogP contribution in [0.3, 0.4) is 0 Å². The average molecular weight is 202 g/mol. The molecule has 0 saturated carbocycles. The van der Waals surface area contributed by atoms with Gasteiger partial charge in [-0.1, -0.05) is 6.08 Å². The predicted molar refractivity (Wildman–Crippen MR) is 52.7 cm³/mol. The Kier molecular flexibility index (Phi) is 7.06. The Morgan fingerprint density at radius 3 is 2.71 bits per heavy atom. The lowest BCUT2D eigenvalue weighted by Gasteiger charge is -2.13. The minimum atomic E-state index is -0.919. The van der Waals surface area contributed by atoms with Crippen molar-refractivity contribution in [3.63, 3.8) is 0 Å². The van der Waals surface area contributed by atoms with Crippen molar-refractivity contribution >= 4 is 5.97 Å². The van der Waals surface area contributed by atoms with Gasteiger partial charge in [-0.3, -0.25) is 4.79 Å². The summed E-state index contributed by atoms with van der Waals surface area (Å²) in [5, 5.41) is 18.4. The lowest BCUT2D eigenvalue weighted by Crippen LogP contribution is -2.23. The second-order valence-electron chi connectivity index (χ2n) is 2.99. The topological polar surface area (TPSA) is 66.8 Å². The Labute approximate surface area is 84.2 Å². The SMILES string of the molecule is C=C[C@@H](O)[C@@H](O)CCCC(=O)OCC. The fourth-order valence-corrected chi connectivity index (χ4v) is 1.02. The molecule has 2 N–H and O–H groups in total. The highest BCUT2D eigenvalue weighted by atomic mass is 16.5. The number of hydrogen-bond donors (Lipinski definition) is 2. The first-order valence-corrected chi connectivity index (χ1v) is 4.76. The zero-order valence-corrected chi connectivity index (χ0v) is 8.48. The smallest absolute Gasteiger partial charge is 0.305 e. The third-order valence-corrected chi connectivity index (χ3v) is 1.82. The summed E-state index contributed by atoms with van der Waals surface area (Å²) in [5.74, 6) is -0.271. The highest BCUT2D eigenvalue weighted by Crippen LogP contribution is 2.06. The average Bonchev–Trinajstić information content (AvgIpc) is 2.16. The van der Waals surface area contributed by atoms with E-state index in [1.807, 2.05) is 0 Å². The molecule has 0 bridgehead atoms. The number of esters is 1. The second kappa shape index (κ2) is 7.53. The molecule has 0 aromatic rings. The van der Waals surface area contributed by atoms with Crippen LogP contribution in [0.1, 0.15) is 26.2 Å². The maximum absolute atomic E-state index is 10.9. The standard InChI is InChI=1S/C10H18O4/c1-3-8(11)9(12)6-5-7-10(13)14-4-2/h3,8-9,11-12H,1,4-7H2,2H3/t8-,9+/m1/s1. The normalized spacial score (nSPS) is 14.5. The Morgan fingerprint density at radius 1 is 1.57 bits per heavy atom. The molecule has 0 saturated heterocycles. The summed E-state index contributed by atoms with van der Waals surface area (Å²) >= 11 is 0. The van der Waals surface area contributed by atoms with Crippen LogP contribution in [-0.2, 0) is 9.53 Å². The van der Waals surface area contributed by atoms with Crippen LogP contribution in [0.2, 0.25) is 0 Å². The summed E-state index contributed by atoms with van der Waals surface area (Å²) in [6, 6.07) is 0. The molecule has 82 valence electrons. The van der Waals surface area contributed by atoms with Crippen LogP contribution in [0.15, 0.2) is 12.7 Å². The van der Waals surface area contributed by atoms with E-state index >= 15 is 0 Å². The van der Waals surface area contributed by atoms with Crippen LogP contribution in [-0.4, -0.2) is 35.0 Å². The van der Waals surface area contributed by atoms with Gasteiger partial charge in [-0.25, -0.2) is 0 Å². The van der Waals surface area contributed by atoms with E-state index in [0.717, 1.165) is 0 Å². The minimum absolute atomic E-state index is 0.271. The van der Waals surface area contributed by atoms with Gasteiger partial charge in [0, 0.05) is 6.42 Å². The van der Waals surface area contributed by atoms with Gasteiger partial charge in [0.1, 0.15) is 0 Å². The van der Waals surface area contributed by atoms with Crippen molar-refractivity contribution in [3.05, 3.63) is 12.7 Å². The Morgan fingerprint density at radius 2 is 2.21 bits per heavy atom. The molecule has 0 fully saturated rings. The van der Waals surface area contributed by atoms with Crippen LogP contribution in [0.4, 0.5) is 0 Å². The molecule has 0 amide bonds. The van der Waals surface area contributed by atoms with Crippen molar-refractivity contribution in [2.24, 2.45) is 0 Å². The van der Waals surface area contributed by atoms with E-state index < -0.39 is 12.2 Å². The van der Waals surface area contributed by atoms with Gasteiger partial charge in [-0.05, 0) is 19.8 Å². The number of carbonyl (C=O) groups excluding carboxylic acids is 1. The van der Waals surface area contributed by atoms with Crippen molar-refractivity contribution in [1.29, 1.82) is 0 Å². The molecule has 4 nitrogen and oxygen atoms in total. The molecule has 14 heavy (non-hydrogen) atoms. The van der Waals surface area contributed by atoms with E-state index in [0.29, 0.717) is 19.4 Å². The zero-order chi connectivity index (χ0) is 11.0. The van der Waals surface area contributed by atoms with Gasteiger partial charge in [0.2, 0.25) is 0 Å². The molecule has 4 heteroatoms. The molecular formula is C10H18O4. The summed E-state index contributed by atoms with van der Waals surface area (Å²) in [6.45, 7) is 5.47. The maximum atomic E-state index is 10.9. The Hall–Kier alpha value is -0.870. The van der Waals surface area contributed by atoms with Crippen LogP contribution in [0.5, 0.6) is 0 Å². The van der Waals surface area contributed by atoms with E-state index in [-0.39, 0.29) is 12.4 Å². The van der Waals surface area contributed by atoms with Gasteiger partial charge in [0.05, 0.1) is 18.8 Å². The minimum Gasteiger partial charge on any atom is -0.466 e. The van der Waals surface area contributed by atoms with Gasteiger partial charge >= 0.3 is 5.97 Å². The molecule has 0 aromatic carbocycles. The molecule has 0 aliphatic heterocycles. The monoisotopic (exact) mass is 202 g/mol. The first-order valence-electron chi connectivity index (χ1n) is 4.76. The molecule has 0 spiro atoms. The van der Waals surface area contributed by atoms with Gasteiger partial charge < -0.3 is 14.9 Å². The first-order chi connectivity index (χ1) is 6.61. The highest BCUT2D eigenvalue weighted by molar-refractivity contribution is 5.69. The predicted octanol–water partition coefficient (Wildman–Crippen LogP) is 0.628. The molecule has 0 aliphatic carbocycles. The lowest BCUT2D eigenvalue weighted by atomic mass is 10.1. The van der Waals surface area contributed by atoms with Crippen molar-refractivity contribution in [2.75, 3.05) is 6.61 Å². The molecule has 0 radical (unpaired) electrons. The van der Waals surface area contributed by atoms with Crippen LogP contribution in [0.25, 0.3) is 0 Å². The van der Waals surface area contributed by atoms with Crippen LogP contribution >= 0.6 is 0 Å². The van der Waals surface area contributed by atoms with Gasteiger partial charge in [-0.2, -0.15) is 0 Å². The van der Waals surface area contributed by atoms with Gasteiger partial charge in [-0.15, -0.1) is 6.58 Å². The molecule has 0 unspecified atom stereocenters. The Bertz CT molecular complexity index is 179. The number of hydrogen-bond acceptors (Lipinski definition) is 4. The summed E-state index contributed by atoms with van der Waals surface area (Å²) in [5.41, 5.74) is 0. The number of aliphatic hydroxyl groups excluding tert-OH is 2. The van der Waals surface area contributed by atoms with Gasteiger partial charge in [0.15, 0.2) is 0 Å². The van der Waals surface area contributed by atoms with E-state index in [2.05, 4.69) is 6.58 Å². The third kappa shape index (κ3) is 5.72. The molecule has 0 aromatic heterocycles. The lowest BCUT2D eigenvalue weighted by molar-refractivity contribution is -0.143. The number of ether oxygens (including phenoxy) is 1.